The molecule has 0 aliphatic carbocycles. The molecule has 1 aliphatic heterocycles. The van der Waals surface area contributed by atoms with Gasteiger partial charge in [0.05, 0.1) is 24.8 Å². The van der Waals surface area contributed by atoms with Gasteiger partial charge in [0.25, 0.3) is 0 Å². The Labute approximate surface area is 178 Å². The molecule has 30 heavy (non-hydrogen) atoms. The Hall–Kier alpha value is -2.62. The number of likely N-dealkylation sites (tertiary alicyclic amines) is 1. The maximum Gasteiger partial charge on any atom is 0.332 e. The van der Waals surface area contributed by atoms with Crippen molar-refractivity contribution in [3.05, 3.63) is 48.0 Å². The van der Waals surface area contributed by atoms with Crippen LogP contribution >= 0.6 is 0 Å². The number of aliphatic hydroxyl groups is 1. The largest absolute Gasteiger partial charge is 0.461 e. The first-order chi connectivity index (χ1) is 14.5. The number of aliphatic hydroxyl groups excluding tert-OH is 1. The molecule has 2 rings (SSSR count). The number of hydrogen-bond donors (Lipinski definition) is 1. The van der Waals surface area contributed by atoms with Gasteiger partial charge in [-0.2, -0.15) is 0 Å². The van der Waals surface area contributed by atoms with Gasteiger partial charge in [-0.1, -0.05) is 54.3 Å². The molecule has 162 valence electrons. The summed E-state index contributed by atoms with van der Waals surface area (Å²) in [4.78, 5) is 25.4. The lowest BCUT2D eigenvalue weighted by Gasteiger charge is -2.32. The molecule has 0 saturated carbocycles. The summed E-state index contributed by atoms with van der Waals surface area (Å²) >= 11 is 0. The molecule has 1 aromatic carbocycles. The molecule has 1 N–H and O–H groups in total. The van der Waals surface area contributed by atoms with Crippen LogP contribution in [0.15, 0.2) is 42.5 Å². The topological polar surface area (TPSA) is 76.1 Å². The Bertz CT molecular complexity index is 763. The van der Waals surface area contributed by atoms with Crippen LogP contribution < -0.4 is 0 Å². The van der Waals surface area contributed by atoms with Crippen molar-refractivity contribution in [2.45, 2.75) is 57.8 Å². The molecule has 0 radical (unpaired) electrons. The first-order valence-electron chi connectivity index (χ1n) is 10.4. The van der Waals surface area contributed by atoms with Gasteiger partial charge in [-0.05, 0) is 32.3 Å². The summed E-state index contributed by atoms with van der Waals surface area (Å²) in [5.41, 5.74) is 1.06. The van der Waals surface area contributed by atoms with Gasteiger partial charge in [0.1, 0.15) is 13.2 Å². The highest BCUT2D eigenvalue weighted by molar-refractivity contribution is 5.78. The number of nitrogens with zero attached hydrogens (tertiary/aromatic N) is 1. The molecule has 1 amide bonds. The van der Waals surface area contributed by atoms with Crippen molar-refractivity contribution in [1.29, 1.82) is 0 Å². The predicted octanol–water partition coefficient (Wildman–Crippen LogP) is 2.50. The third-order valence-corrected chi connectivity index (χ3v) is 4.59. The van der Waals surface area contributed by atoms with Gasteiger partial charge in [0, 0.05) is 12.8 Å². The lowest BCUT2D eigenvalue weighted by molar-refractivity contribution is -0.152. The van der Waals surface area contributed by atoms with E-state index in [9.17, 15) is 14.7 Å². The van der Waals surface area contributed by atoms with Crippen LogP contribution in [0.1, 0.15) is 38.7 Å². The fourth-order valence-corrected chi connectivity index (χ4v) is 3.21. The second kappa shape index (κ2) is 12.8. The number of esters is 1. The van der Waals surface area contributed by atoms with Crippen molar-refractivity contribution < 1.29 is 24.2 Å². The number of rotatable bonds is 9. The fraction of sp³-hybridized carbons (Fsp3) is 0.500. The van der Waals surface area contributed by atoms with E-state index in [0.717, 1.165) is 18.4 Å². The van der Waals surface area contributed by atoms with Crippen molar-refractivity contribution in [3.63, 3.8) is 0 Å². The minimum atomic E-state index is -0.601. The SMILES string of the molecule is CC(C)OC(=O)COCC#CCN1C(=O)CCCC1C=C[C@H](O)Cc1ccccc1. The molecule has 2 atom stereocenters. The van der Waals surface area contributed by atoms with E-state index >= 15 is 0 Å². The average molecular weight is 414 g/mol. The van der Waals surface area contributed by atoms with E-state index in [2.05, 4.69) is 11.8 Å². The van der Waals surface area contributed by atoms with E-state index in [1.807, 2.05) is 36.4 Å². The molecule has 1 aliphatic rings. The highest BCUT2D eigenvalue weighted by atomic mass is 16.6. The molecule has 0 aromatic heterocycles. The number of benzene rings is 1. The highest BCUT2D eigenvalue weighted by Crippen LogP contribution is 2.19. The summed E-state index contributed by atoms with van der Waals surface area (Å²) in [7, 11) is 0. The van der Waals surface area contributed by atoms with Crippen LogP contribution in [0.2, 0.25) is 0 Å². The Morgan fingerprint density at radius 3 is 2.80 bits per heavy atom. The van der Waals surface area contributed by atoms with E-state index in [1.54, 1.807) is 24.8 Å². The molecular formula is C24H31NO5. The number of hydrogen-bond acceptors (Lipinski definition) is 5. The first kappa shape index (κ1) is 23.7. The van der Waals surface area contributed by atoms with Gasteiger partial charge in [-0.3, -0.25) is 4.79 Å². The quantitative estimate of drug-likeness (QED) is 0.291. The van der Waals surface area contributed by atoms with Gasteiger partial charge in [-0.15, -0.1) is 0 Å². The molecule has 1 saturated heterocycles. The molecule has 1 unspecified atom stereocenters. The van der Waals surface area contributed by atoms with E-state index in [0.29, 0.717) is 19.4 Å². The second-order valence-electron chi connectivity index (χ2n) is 7.51. The first-order valence-corrected chi connectivity index (χ1v) is 10.4. The number of carbonyl (C=O) groups is 2. The van der Waals surface area contributed by atoms with Crippen molar-refractivity contribution in [3.8, 4) is 11.8 Å². The summed E-state index contributed by atoms with van der Waals surface area (Å²) < 4.78 is 10.1. The standard InChI is InChI=1S/C24H31NO5/c1-19(2)30-24(28)18-29-16-7-6-15-25-21(11-8-12-23(25)27)13-14-22(26)17-20-9-4-3-5-10-20/h3-5,9-10,13-14,19,21-22,26H,8,11-12,15-18H2,1-2H3/t21?,22-/m0/s1. The van der Waals surface area contributed by atoms with E-state index in [-0.39, 0.29) is 31.3 Å². The molecule has 6 nitrogen and oxygen atoms in total. The van der Waals surface area contributed by atoms with Gasteiger partial charge in [0.2, 0.25) is 5.91 Å². The number of amides is 1. The van der Waals surface area contributed by atoms with E-state index < -0.39 is 12.1 Å². The average Bonchev–Trinajstić information content (AvgIpc) is 2.70. The van der Waals surface area contributed by atoms with Crippen LogP contribution in [-0.2, 0) is 25.5 Å². The number of carbonyl (C=O) groups excluding carboxylic acids is 2. The van der Waals surface area contributed by atoms with Crippen LogP contribution in [0.5, 0.6) is 0 Å². The predicted molar refractivity (Wildman–Crippen MR) is 114 cm³/mol. The minimum Gasteiger partial charge on any atom is -0.461 e. The molecule has 0 bridgehead atoms. The van der Waals surface area contributed by atoms with E-state index in [4.69, 9.17) is 9.47 Å². The van der Waals surface area contributed by atoms with Gasteiger partial charge >= 0.3 is 5.97 Å². The van der Waals surface area contributed by atoms with Crippen molar-refractivity contribution in [1.82, 2.24) is 4.90 Å². The van der Waals surface area contributed by atoms with Crippen molar-refractivity contribution >= 4 is 11.9 Å². The van der Waals surface area contributed by atoms with Crippen LogP contribution in [0.25, 0.3) is 0 Å². The Morgan fingerprint density at radius 1 is 1.30 bits per heavy atom. The van der Waals surface area contributed by atoms with Gasteiger partial charge < -0.3 is 19.5 Å². The maximum atomic E-state index is 12.3. The maximum absolute atomic E-state index is 12.3. The monoisotopic (exact) mass is 413 g/mol. The Morgan fingerprint density at radius 2 is 2.07 bits per heavy atom. The van der Waals surface area contributed by atoms with Crippen LogP contribution in [0, 0.1) is 11.8 Å². The van der Waals surface area contributed by atoms with Crippen LogP contribution in [0.3, 0.4) is 0 Å². The summed E-state index contributed by atoms with van der Waals surface area (Å²) in [5, 5.41) is 10.3. The zero-order valence-electron chi connectivity index (χ0n) is 17.8. The fourth-order valence-electron chi connectivity index (χ4n) is 3.21. The zero-order chi connectivity index (χ0) is 21.8. The van der Waals surface area contributed by atoms with Gasteiger partial charge in [0.15, 0.2) is 0 Å². The van der Waals surface area contributed by atoms with Gasteiger partial charge in [-0.25, -0.2) is 4.79 Å². The van der Waals surface area contributed by atoms with Crippen molar-refractivity contribution in [2.24, 2.45) is 0 Å². The summed E-state index contributed by atoms with van der Waals surface area (Å²) in [5.74, 6) is 5.41. The van der Waals surface area contributed by atoms with Crippen molar-refractivity contribution in [2.75, 3.05) is 19.8 Å². The third kappa shape index (κ3) is 8.81. The summed E-state index contributed by atoms with van der Waals surface area (Å²) in [6.45, 7) is 3.81. The Balaban J connectivity index is 1.81. The molecule has 1 heterocycles. The lowest BCUT2D eigenvalue weighted by atomic mass is 9.99. The normalized spacial score (nSPS) is 17.7. The smallest absolute Gasteiger partial charge is 0.332 e. The molecule has 1 aromatic rings. The number of ether oxygens (including phenoxy) is 2. The molecule has 6 heteroatoms. The molecular weight excluding hydrogens is 382 g/mol. The lowest BCUT2D eigenvalue weighted by Crippen LogP contribution is -2.42. The Kier molecular flexibility index (Phi) is 10.1. The van der Waals surface area contributed by atoms with Crippen LogP contribution in [-0.4, -0.2) is 59.9 Å². The molecule has 0 spiro atoms. The molecule has 1 fully saturated rings. The zero-order valence-corrected chi connectivity index (χ0v) is 17.8. The van der Waals surface area contributed by atoms with E-state index in [1.165, 1.54) is 0 Å². The summed E-state index contributed by atoms with van der Waals surface area (Å²) in [6, 6.07) is 9.72. The summed E-state index contributed by atoms with van der Waals surface area (Å²) in [6.07, 6.45) is 5.62. The van der Waals surface area contributed by atoms with Crippen LogP contribution in [0.4, 0.5) is 0 Å². The minimum absolute atomic E-state index is 0.0594. The number of piperidine rings is 1. The third-order valence-electron chi connectivity index (χ3n) is 4.59. The second-order valence-corrected chi connectivity index (χ2v) is 7.51. The highest BCUT2D eigenvalue weighted by Gasteiger charge is 2.25.